The zero-order valence-electron chi connectivity index (χ0n) is 13.8. The number of ether oxygens (including phenoxy) is 1. The number of aryl methyl sites for hydroxylation is 1. The van der Waals surface area contributed by atoms with E-state index in [1.807, 2.05) is 13.0 Å². The molecule has 2 aromatic carbocycles. The van der Waals surface area contributed by atoms with E-state index in [-0.39, 0.29) is 5.43 Å². The molecule has 6 nitrogen and oxygen atoms in total. The van der Waals surface area contributed by atoms with Crippen LogP contribution >= 0.6 is 0 Å². The number of carbonyl (C=O) groups excluding carboxylic acids is 1. The third kappa shape index (κ3) is 3.58. The number of esters is 1. The van der Waals surface area contributed by atoms with Crippen molar-refractivity contribution in [1.82, 2.24) is 0 Å². The van der Waals surface area contributed by atoms with Gasteiger partial charge in [0, 0.05) is 0 Å². The maximum absolute atomic E-state index is 12.4. The van der Waals surface area contributed by atoms with E-state index in [4.69, 9.17) is 4.42 Å². The summed E-state index contributed by atoms with van der Waals surface area (Å²) in [4.78, 5) is 23.8. The first-order valence-corrected chi connectivity index (χ1v) is 7.58. The first kappa shape index (κ1) is 16.4. The molecule has 3 aromatic rings. The van der Waals surface area contributed by atoms with Gasteiger partial charge in [-0.1, -0.05) is 11.6 Å². The predicted octanol–water partition coefficient (Wildman–Crippen LogP) is 3.33. The minimum absolute atomic E-state index is 0.142. The smallest absolute Gasteiger partial charge is 0.337 e. The van der Waals surface area contributed by atoms with Crippen LogP contribution in [-0.2, 0) is 4.74 Å². The van der Waals surface area contributed by atoms with Gasteiger partial charge in [-0.2, -0.15) is 5.10 Å². The van der Waals surface area contributed by atoms with E-state index < -0.39 is 5.97 Å². The molecule has 0 aliphatic carbocycles. The van der Waals surface area contributed by atoms with Gasteiger partial charge in [-0.25, -0.2) is 4.79 Å². The highest BCUT2D eigenvalue weighted by Crippen LogP contribution is 2.13. The van der Waals surface area contributed by atoms with Crippen LogP contribution in [0, 0.1) is 6.92 Å². The lowest BCUT2D eigenvalue weighted by Crippen LogP contribution is -2.08. The zero-order chi connectivity index (χ0) is 17.8. The van der Waals surface area contributed by atoms with Gasteiger partial charge in [0.05, 0.1) is 35.5 Å². The number of nitrogens with zero attached hydrogens (tertiary/aromatic N) is 1. The minimum Gasteiger partial charge on any atom is -0.465 e. The Morgan fingerprint density at radius 2 is 1.96 bits per heavy atom. The number of hydrogen-bond acceptors (Lipinski definition) is 6. The molecule has 0 amide bonds. The van der Waals surface area contributed by atoms with Crippen LogP contribution in [0.25, 0.3) is 11.0 Å². The number of fused-ring (bicyclic) bond motifs is 1. The monoisotopic (exact) mass is 336 g/mol. The molecular weight excluding hydrogens is 320 g/mol. The Labute approximate surface area is 143 Å². The average molecular weight is 336 g/mol. The number of nitrogens with one attached hydrogen (secondary N) is 1. The number of hydrogen-bond donors (Lipinski definition) is 1. The number of anilines is 1. The highest BCUT2D eigenvalue weighted by atomic mass is 16.5. The number of rotatable bonds is 4. The molecule has 126 valence electrons. The summed E-state index contributed by atoms with van der Waals surface area (Å²) in [5, 5.41) is 4.57. The van der Waals surface area contributed by atoms with Crippen molar-refractivity contribution in [3.63, 3.8) is 0 Å². The Morgan fingerprint density at radius 1 is 1.20 bits per heavy atom. The van der Waals surface area contributed by atoms with E-state index in [0.29, 0.717) is 27.8 Å². The van der Waals surface area contributed by atoms with Crippen LogP contribution in [0.5, 0.6) is 0 Å². The lowest BCUT2D eigenvalue weighted by atomic mass is 10.1. The van der Waals surface area contributed by atoms with Crippen molar-refractivity contribution in [3.05, 3.63) is 75.6 Å². The summed E-state index contributed by atoms with van der Waals surface area (Å²) in [6.45, 7) is 1.92. The molecule has 1 aromatic heterocycles. The van der Waals surface area contributed by atoms with E-state index >= 15 is 0 Å². The van der Waals surface area contributed by atoms with Gasteiger partial charge < -0.3 is 9.15 Å². The van der Waals surface area contributed by atoms with Gasteiger partial charge in [0.2, 0.25) is 5.43 Å². The standard InChI is InChI=1S/C19H16N2O4/c1-12-3-8-17-16(9-12)18(22)14(11-25-17)10-20-21-15-6-4-13(5-7-15)19(23)24-2/h3-11,21H,1-2H3. The maximum Gasteiger partial charge on any atom is 0.337 e. The SMILES string of the molecule is COC(=O)c1ccc(NN=Cc2coc3ccc(C)cc3c2=O)cc1. The normalized spacial score (nSPS) is 11.0. The number of benzene rings is 2. The zero-order valence-corrected chi connectivity index (χ0v) is 13.8. The van der Waals surface area contributed by atoms with Crippen LogP contribution < -0.4 is 10.9 Å². The fraction of sp³-hybridized carbons (Fsp3) is 0.105. The van der Waals surface area contributed by atoms with Crippen molar-refractivity contribution in [3.8, 4) is 0 Å². The second-order valence-corrected chi connectivity index (χ2v) is 5.46. The summed E-state index contributed by atoms with van der Waals surface area (Å²) in [6.07, 6.45) is 2.79. The first-order valence-electron chi connectivity index (χ1n) is 7.58. The maximum atomic E-state index is 12.4. The lowest BCUT2D eigenvalue weighted by Gasteiger charge is -2.02. The highest BCUT2D eigenvalue weighted by Gasteiger charge is 2.06. The van der Waals surface area contributed by atoms with Crippen LogP contribution in [0.3, 0.4) is 0 Å². The predicted molar refractivity (Wildman–Crippen MR) is 96.2 cm³/mol. The minimum atomic E-state index is -0.404. The molecule has 1 N–H and O–H groups in total. The van der Waals surface area contributed by atoms with Gasteiger partial charge in [-0.3, -0.25) is 10.2 Å². The van der Waals surface area contributed by atoms with Crippen molar-refractivity contribution < 1.29 is 13.9 Å². The van der Waals surface area contributed by atoms with Gasteiger partial charge in [-0.15, -0.1) is 0 Å². The van der Waals surface area contributed by atoms with Gasteiger partial charge in [0.25, 0.3) is 0 Å². The molecule has 0 saturated heterocycles. The van der Waals surface area contributed by atoms with Gasteiger partial charge >= 0.3 is 5.97 Å². The van der Waals surface area contributed by atoms with Crippen LogP contribution in [-0.4, -0.2) is 19.3 Å². The number of hydrazone groups is 1. The third-order valence-electron chi connectivity index (χ3n) is 3.66. The largest absolute Gasteiger partial charge is 0.465 e. The van der Waals surface area contributed by atoms with Crippen molar-refractivity contribution in [1.29, 1.82) is 0 Å². The van der Waals surface area contributed by atoms with E-state index in [1.54, 1.807) is 36.4 Å². The molecule has 3 rings (SSSR count). The first-order chi connectivity index (χ1) is 12.1. The topological polar surface area (TPSA) is 80.9 Å². The Bertz CT molecular complexity index is 1000. The van der Waals surface area contributed by atoms with Crippen molar-refractivity contribution >= 4 is 28.8 Å². The van der Waals surface area contributed by atoms with E-state index in [1.165, 1.54) is 19.6 Å². The van der Waals surface area contributed by atoms with Crippen LogP contribution in [0.15, 0.2) is 63.0 Å². The molecule has 0 atom stereocenters. The van der Waals surface area contributed by atoms with Gasteiger partial charge in [0.15, 0.2) is 0 Å². The molecule has 0 aliphatic heterocycles. The molecule has 0 unspecified atom stereocenters. The molecule has 6 heteroatoms. The van der Waals surface area contributed by atoms with Crippen LogP contribution in [0.4, 0.5) is 5.69 Å². The van der Waals surface area contributed by atoms with E-state index in [2.05, 4.69) is 15.3 Å². The third-order valence-corrected chi connectivity index (χ3v) is 3.66. The molecule has 25 heavy (non-hydrogen) atoms. The number of methoxy groups -OCH3 is 1. The molecule has 0 fully saturated rings. The van der Waals surface area contributed by atoms with Crippen LogP contribution in [0.1, 0.15) is 21.5 Å². The van der Waals surface area contributed by atoms with E-state index in [9.17, 15) is 9.59 Å². The Kier molecular flexibility index (Phi) is 4.61. The molecule has 0 aliphatic rings. The molecule has 0 saturated carbocycles. The summed E-state index contributed by atoms with van der Waals surface area (Å²) in [5.41, 5.74) is 5.65. The summed E-state index contributed by atoms with van der Waals surface area (Å²) in [6, 6.07) is 12.1. The molecule has 0 bridgehead atoms. The quantitative estimate of drug-likeness (QED) is 0.449. The summed E-state index contributed by atoms with van der Waals surface area (Å²) >= 11 is 0. The molecular formula is C19H16N2O4. The highest BCUT2D eigenvalue weighted by molar-refractivity contribution is 5.90. The van der Waals surface area contributed by atoms with Crippen molar-refractivity contribution in [2.75, 3.05) is 12.5 Å². The van der Waals surface area contributed by atoms with Gasteiger partial charge in [-0.05, 0) is 43.3 Å². The summed E-state index contributed by atoms with van der Waals surface area (Å²) < 4.78 is 10.1. The summed E-state index contributed by atoms with van der Waals surface area (Å²) in [5.74, 6) is -0.404. The van der Waals surface area contributed by atoms with Crippen molar-refractivity contribution in [2.45, 2.75) is 6.92 Å². The average Bonchev–Trinajstić information content (AvgIpc) is 2.64. The summed E-state index contributed by atoms with van der Waals surface area (Å²) in [7, 11) is 1.33. The lowest BCUT2D eigenvalue weighted by molar-refractivity contribution is 0.0601. The van der Waals surface area contributed by atoms with E-state index in [0.717, 1.165) is 5.56 Å². The molecule has 0 spiro atoms. The fourth-order valence-corrected chi connectivity index (χ4v) is 2.32. The molecule has 1 heterocycles. The Morgan fingerprint density at radius 3 is 2.68 bits per heavy atom. The second-order valence-electron chi connectivity index (χ2n) is 5.46. The fourth-order valence-electron chi connectivity index (χ4n) is 2.32. The Balaban J connectivity index is 1.78. The second kappa shape index (κ2) is 7.00. The Hall–Kier alpha value is -3.41. The number of carbonyl (C=O) groups is 1. The molecule has 0 radical (unpaired) electrons. The van der Waals surface area contributed by atoms with Crippen molar-refractivity contribution in [2.24, 2.45) is 5.10 Å². The van der Waals surface area contributed by atoms with Crippen LogP contribution in [0.2, 0.25) is 0 Å². The van der Waals surface area contributed by atoms with Gasteiger partial charge in [0.1, 0.15) is 11.8 Å².